The van der Waals surface area contributed by atoms with E-state index in [9.17, 15) is 5.11 Å². The van der Waals surface area contributed by atoms with E-state index < -0.39 is 81.2 Å². The molecule has 0 aromatic rings. The molecule has 2 heterocycles. The normalized spacial score (nSPS) is 25.8. The summed E-state index contributed by atoms with van der Waals surface area (Å²) >= 11 is -2.45. The number of aliphatic hydroxyl groups is 1. The third kappa shape index (κ3) is 19.8. The molecule has 0 aromatic carbocycles. The fraction of sp³-hybridized carbons (Fsp3) is 0.909. The van der Waals surface area contributed by atoms with Gasteiger partial charge in [-0.3, -0.25) is 0 Å². The molecular formula is C66H134O8Si4Sn. The second-order valence-corrected chi connectivity index (χ2v) is 64.3. The number of ether oxygens (including phenoxy) is 3. The van der Waals surface area contributed by atoms with Crippen molar-refractivity contribution in [2.45, 2.75) is 344 Å². The molecular weight excluding hydrogens is 1150 g/mol. The van der Waals surface area contributed by atoms with Crippen LogP contribution in [0.1, 0.15) is 210 Å². The Hall–Kier alpha value is 0.566. The summed E-state index contributed by atoms with van der Waals surface area (Å²) in [5.41, 5.74) is 1.82. The molecule has 2 aliphatic heterocycles. The van der Waals surface area contributed by atoms with Gasteiger partial charge in [-0.25, -0.2) is 0 Å². The molecule has 2 aliphatic rings. The first-order valence-corrected chi connectivity index (χ1v) is 51.3. The summed E-state index contributed by atoms with van der Waals surface area (Å²) in [5.74, 6) is -0.984. The predicted octanol–water partition coefficient (Wildman–Crippen LogP) is 20.0. The first kappa shape index (κ1) is 75.7. The Morgan fingerprint density at radius 3 is 1.61 bits per heavy atom. The molecule has 2 saturated heterocycles. The average Bonchev–Trinajstić information content (AvgIpc) is 3.48. The molecule has 0 bridgehead atoms. The second kappa shape index (κ2) is 29.5. The zero-order chi connectivity index (χ0) is 61.4. The molecule has 8 nitrogen and oxygen atoms in total. The first-order valence-electron chi connectivity index (χ1n) is 32.0. The van der Waals surface area contributed by atoms with Gasteiger partial charge in [0.05, 0.1) is 18.3 Å². The summed E-state index contributed by atoms with van der Waals surface area (Å²) in [4.78, 5) is 0. The first-order chi connectivity index (χ1) is 35.7. The van der Waals surface area contributed by atoms with Gasteiger partial charge >= 0.3 is 253 Å². The van der Waals surface area contributed by atoms with Gasteiger partial charge < -0.3 is 28.2 Å². The summed E-state index contributed by atoms with van der Waals surface area (Å²) < 4.78 is 58.6. The minimum atomic E-state index is -2.45. The van der Waals surface area contributed by atoms with Crippen LogP contribution in [0.5, 0.6) is 0 Å². The van der Waals surface area contributed by atoms with Crippen molar-refractivity contribution in [3.8, 4) is 0 Å². The molecule has 0 saturated carbocycles. The molecule has 0 unspecified atom stereocenters. The van der Waals surface area contributed by atoms with Crippen LogP contribution in [-0.2, 0) is 31.9 Å². The third-order valence-electron chi connectivity index (χ3n) is 21.5. The van der Waals surface area contributed by atoms with Crippen LogP contribution in [-0.4, -0.2) is 119 Å². The van der Waals surface area contributed by atoms with Crippen molar-refractivity contribution in [2.75, 3.05) is 13.7 Å². The molecule has 1 N–H and O–H groups in total. The van der Waals surface area contributed by atoms with Crippen LogP contribution in [0, 0.1) is 23.2 Å². The summed E-state index contributed by atoms with van der Waals surface area (Å²) in [5, 5.41) is 13.0. The summed E-state index contributed by atoms with van der Waals surface area (Å²) in [7, 11) is -7.19. The van der Waals surface area contributed by atoms with Crippen LogP contribution >= 0.6 is 0 Å². The van der Waals surface area contributed by atoms with E-state index >= 15 is 0 Å². The molecule has 13 heteroatoms. The van der Waals surface area contributed by atoms with E-state index in [0.29, 0.717) is 25.9 Å². The zero-order valence-corrected chi connectivity index (χ0v) is 64.9. The van der Waals surface area contributed by atoms with Gasteiger partial charge in [0.25, 0.3) is 0 Å². The van der Waals surface area contributed by atoms with E-state index in [1.165, 1.54) is 63.0 Å². The van der Waals surface area contributed by atoms with Crippen LogP contribution < -0.4 is 0 Å². The Morgan fingerprint density at radius 2 is 1.16 bits per heavy atom. The van der Waals surface area contributed by atoms with Gasteiger partial charge in [0.2, 0.25) is 0 Å². The van der Waals surface area contributed by atoms with E-state index in [0.717, 1.165) is 0 Å². The van der Waals surface area contributed by atoms with Gasteiger partial charge in [0, 0.05) is 31.5 Å². The molecule has 0 radical (unpaired) electrons. The van der Waals surface area contributed by atoms with Crippen LogP contribution in [0.3, 0.4) is 0 Å². The Morgan fingerprint density at radius 1 is 0.696 bits per heavy atom. The van der Waals surface area contributed by atoms with Gasteiger partial charge in [0.15, 0.2) is 22.4 Å². The van der Waals surface area contributed by atoms with E-state index in [4.69, 9.17) is 31.9 Å². The van der Waals surface area contributed by atoms with Gasteiger partial charge in [-0.1, -0.05) is 83.1 Å². The number of aliphatic hydroxyl groups excluding tert-OH is 1. The fourth-order valence-corrected chi connectivity index (χ4v) is 30.3. The molecule has 0 aliphatic carbocycles. The van der Waals surface area contributed by atoms with E-state index in [1.54, 1.807) is 7.11 Å². The molecule has 0 aromatic heterocycles. The van der Waals surface area contributed by atoms with E-state index in [1.807, 2.05) is 0 Å². The summed E-state index contributed by atoms with van der Waals surface area (Å²) in [6.07, 6.45) is 14.3. The number of hydrogen-bond acceptors (Lipinski definition) is 8. The Balaban J connectivity index is 2.83. The SMILES string of the molecule is CCC[CH2][Sn](/[CH]=C/C=C(C)/C(C)=C/[C@@H](C)[C@@H](O[Si](C)(C)C(C)(C)C)[C@@H](C)[C@H](C[C@H](OC)[C@H]1O[C@]2(C[C@@H](O[Si](C)(C)C(C)(C)C)[C@H](C)[C@H](CCO[Si](C)(C)C(C)(C)C)O2)C(C)(C)[C@H]1O)O[Si](C)(C)C(C)(C)C)([CH2]CCC)[CH2]CCC. The predicted molar refractivity (Wildman–Crippen MR) is 355 cm³/mol. The van der Waals surface area contributed by atoms with Crippen LogP contribution in [0.15, 0.2) is 33.5 Å². The zero-order valence-electron chi connectivity index (χ0n) is 58.1. The molecule has 466 valence electrons. The van der Waals surface area contributed by atoms with Crippen molar-refractivity contribution in [3.63, 3.8) is 0 Å². The summed E-state index contributed by atoms with van der Waals surface area (Å²) in [6.45, 7) is 70.3. The molecule has 2 rings (SSSR count). The Labute approximate surface area is 500 Å². The number of methoxy groups -OCH3 is 1. The summed E-state index contributed by atoms with van der Waals surface area (Å²) in [6, 6.07) is 0. The maximum atomic E-state index is 12.9. The number of allylic oxidation sites excluding steroid dienone is 4. The molecule has 1 spiro atoms. The maximum absolute atomic E-state index is 12.9. The standard InChI is InChI=1S/C54H107O8Si4.3C4H9.Sn/c1-30-31-37(2)38(3)34-39(4)46(62-66(28,29)52(16,17)18)41(6)43(60-64(24,25)50(10,11)12)35-44(56-21)47-48(55)53(19,20)54(59-47)36-45(61-65(26,27)51(13,14)15)40(5)42(58-54)32-33-57-63(22,23)49(7,8)9;3*1-3-4-2;/h1,30-31,34,39-48,55H,32-33,35-36H2,2-29H3;3*1,3-4H2,2H3;/b30-1?,37-31+,38-34+;;;;/t39-,40-,41+,42+,43+,44+,45-,46-,47-,48+,54-;;;;/m1..../s1. The van der Waals surface area contributed by atoms with Gasteiger partial charge in [-0.2, -0.15) is 0 Å². The van der Waals surface area contributed by atoms with Crippen molar-refractivity contribution in [2.24, 2.45) is 23.2 Å². The Kier molecular flexibility index (Phi) is 28.3. The van der Waals surface area contributed by atoms with Crippen molar-refractivity contribution in [1.29, 1.82) is 0 Å². The molecule has 11 atom stereocenters. The monoisotopic (exact) mass is 1290 g/mol. The van der Waals surface area contributed by atoms with Crippen molar-refractivity contribution in [1.82, 2.24) is 0 Å². The van der Waals surface area contributed by atoms with E-state index in [-0.39, 0.29) is 62.3 Å². The third-order valence-corrected chi connectivity index (χ3v) is 53.7. The van der Waals surface area contributed by atoms with E-state index in [2.05, 4.69) is 227 Å². The quantitative estimate of drug-likeness (QED) is 0.0563. The van der Waals surface area contributed by atoms with Crippen LogP contribution in [0.25, 0.3) is 0 Å². The number of rotatable bonds is 30. The average molecular weight is 1290 g/mol. The fourth-order valence-electron chi connectivity index (χ4n) is 10.9. The van der Waals surface area contributed by atoms with Gasteiger partial charge in [0.1, 0.15) is 6.10 Å². The Bertz CT molecular complexity index is 1910. The van der Waals surface area contributed by atoms with Gasteiger partial charge in [-0.05, 0) is 60.8 Å². The van der Waals surface area contributed by atoms with Crippen molar-refractivity contribution < 1.29 is 37.0 Å². The van der Waals surface area contributed by atoms with Crippen molar-refractivity contribution >= 4 is 51.6 Å². The topological polar surface area (TPSA) is 84.8 Å². The number of hydrogen-bond donors (Lipinski definition) is 1. The molecule has 79 heavy (non-hydrogen) atoms. The molecule has 0 amide bonds. The molecule has 2 fully saturated rings. The van der Waals surface area contributed by atoms with Crippen LogP contribution in [0.4, 0.5) is 0 Å². The second-order valence-electron chi connectivity index (χ2n) is 32.3. The van der Waals surface area contributed by atoms with Crippen molar-refractivity contribution in [3.05, 3.63) is 33.5 Å². The minimum absolute atomic E-state index is 0.000680. The van der Waals surface area contributed by atoms with Crippen LogP contribution in [0.2, 0.25) is 85.8 Å². The number of unbranched alkanes of at least 4 members (excludes halogenated alkanes) is 3. The van der Waals surface area contributed by atoms with Gasteiger partial charge in [-0.15, -0.1) is 0 Å².